The van der Waals surface area contributed by atoms with Gasteiger partial charge in [0.2, 0.25) is 0 Å². The fraction of sp³-hybridized carbons (Fsp3) is 0.381. The topological polar surface area (TPSA) is 73.0 Å². The minimum absolute atomic E-state index is 0.273. The van der Waals surface area contributed by atoms with Crippen molar-refractivity contribution in [2.45, 2.75) is 24.8 Å². The molecule has 0 spiro atoms. The molecule has 1 saturated carbocycles. The molecule has 1 unspecified atom stereocenters. The number of piperazine rings is 1. The van der Waals surface area contributed by atoms with Crippen LogP contribution in [0.4, 0.5) is 17.5 Å². The number of aromatic amines is 1. The van der Waals surface area contributed by atoms with E-state index in [-0.39, 0.29) is 6.04 Å². The molecule has 1 aliphatic heterocycles. The molecule has 2 aromatic heterocycles. The average molecular weight is 375 g/mol. The molecular weight excluding hydrogens is 350 g/mol. The molecule has 3 aromatic rings. The van der Waals surface area contributed by atoms with Crippen LogP contribution in [0.15, 0.2) is 48.8 Å². The van der Waals surface area contributed by atoms with Crippen molar-refractivity contribution in [1.29, 1.82) is 0 Å². The minimum atomic E-state index is 0.273. The Labute approximate surface area is 164 Å². The summed E-state index contributed by atoms with van der Waals surface area (Å²) in [5.41, 5.74) is 2.52. The maximum absolute atomic E-state index is 4.58. The lowest BCUT2D eigenvalue weighted by atomic mass is 10.0. The Balaban J connectivity index is 1.39. The first-order valence-corrected chi connectivity index (χ1v) is 9.91. The Morgan fingerprint density at radius 3 is 2.71 bits per heavy atom. The highest BCUT2D eigenvalue weighted by Gasteiger charge is 2.28. The fourth-order valence-electron chi connectivity index (χ4n) is 3.86. The first kappa shape index (κ1) is 17.2. The van der Waals surface area contributed by atoms with Crippen LogP contribution in [-0.2, 0) is 0 Å². The molecule has 1 atom stereocenters. The molecule has 2 N–H and O–H groups in total. The summed E-state index contributed by atoms with van der Waals surface area (Å²) in [5, 5.41) is 10.8. The third-order valence-corrected chi connectivity index (χ3v) is 5.59. The maximum atomic E-state index is 4.58. The molecule has 0 amide bonds. The number of nitrogens with one attached hydrogen (secondary N) is 2. The van der Waals surface area contributed by atoms with E-state index in [9.17, 15) is 0 Å². The number of aromatic nitrogens is 4. The average Bonchev–Trinajstić information content (AvgIpc) is 3.48. The third kappa shape index (κ3) is 3.57. The molecule has 2 fully saturated rings. The number of benzene rings is 1. The van der Waals surface area contributed by atoms with Crippen LogP contribution in [0.5, 0.6) is 0 Å². The van der Waals surface area contributed by atoms with Crippen LogP contribution < -0.4 is 10.2 Å². The molecule has 7 heteroatoms. The van der Waals surface area contributed by atoms with Crippen molar-refractivity contribution >= 4 is 17.5 Å². The number of likely N-dealkylation sites (N-methyl/N-ethyl adjacent to an activating group) is 1. The van der Waals surface area contributed by atoms with Gasteiger partial charge in [0, 0.05) is 43.4 Å². The van der Waals surface area contributed by atoms with Crippen LogP contribution in [0.25, 0.3) is 0 Å². The van der Waals surface area contributed by atoms with Gasteiger partial charge in [0.1, 0.15) is 18.0 Å². The zero-order valence-corrected chi connectivity index (χ0v) is 16.0. The predicted octanol–water partition coefficient (Wildman–Crippen LogP) is 3.31. The summed E-state index contributed by atoms with van der Waals surface area (Å²) in [6.45, 7) is 2.92. The first-order valence-electron chi connectivity index (χ1n) is 9.91. The number of H-pyrrole nitrogens is 1. The largest absolute Gasteiger partial charge is 0.347 e. The highest BCUT2D eigenvalue weighted by Crippen LogP contribution is 2.39. The van der Waals surface area contributed by atoms with Gasteiger partial charge in [-0.2, -0.15) is 5.10 Å². The molecule has 1 saturated heterocycles. The molecule has 5 rings (SSSR count). The van der Waals surface area contributed by atoms with E-state index in [2.05, 4.69) is 78.7 Å². The number of rotatable bonds is 5. The molecule has 0 bridgehead atoms. The van der Waals surface area contributed by atoms with Gasteiger partial charge in [0.05, 0.1) is 6.04 Å². The van der Waals surface area contributed by atoms with Gasteiger partial charge in [0.15, 0.2) is 5.82 Å². The second-order valence-electron chi connectivity index (χ2n) is 7.75. The van der Waals surface area contributed by atoms with E-state index < -0.39 is 0 Å². The van der Waals surface area contributed by atoms with Crippen LogP contribution in [0, 0.1) is 0 Å². The van der Waals surface area contributed by atoms with Gasteiger partial charge in [-0.3, -0.25) is 5.10 Å². The molecule has 3 heterocycles. The van der Waals surface area contributed by atoms with Crippen molar-refractivity contribution in [3.8, 4) is 0 Å². The summed E-state index contributed by atoms with van der Waals surface area (Å²) in [6.07, 6.45) is 4.14. The van der Waals surface area contributed by atoms with Crippen LogP contribution >= 0.6 is 0 Å². The Morgan fingerprint density at radius 2 is 1.89 bits per heavy atom. The molecule has 1 aromatic carbocycles. The van der Waals surface area contributed by atoms with Gasteiger partial charge in [0.25, 0.3) is 0 Å². The Hall–Kier alpha value is -2.93. The van der Waals surface area contributed by atoms with Crippen LogP contribution in [0.1, 0.15) is 36.1 Å². The van der Waals surface area contributed by atoms with E-state index >= 15 is 0 Å². The van der Waals surface area contributed by atoms with Gasteiger partial charge in [-0.15, -0.1) is 0 Å². The molecule has 28 heavy (non-hydrogen) atoms. The summed E-state index contributed by atoms with van der Waals surface area (Å²) < 4.78 is 0. The zero-order chi connectivity index (χ0) is 18.9. The Kier molecular flexibility index (Phi) is 4.44. The van der Waals surface area contributed by atoms with Gasteiger partial charge in [-0.25, -0.2) is 9.97 Å². The Morgan fingerprint density at radius 1 is 1.04 bits per heavy atom. The van der Waals surface area contributed by atoms with E-state index in [1.807, 2.05) is 6.07 Å². The second-order valence-corrected chi connectivity index (χ2v) is 7.75. The van der Waals surface area contributed by atoms with E-state index in [1.165, 1.54) is 24.1 Å². The summed E-state index contributed by atoms with van der Waals surface area (Å²) in [7, 11) is 2.18. The highest BCUT2D eigenvalue weighted by atomic mass is 15.3. The molecular formula is C21H25N7. The lowest BCUT2D eigenvalue weighted by molar-refractivity contribution is 0.268. The van der Waals surface area contributed by atoms with Crippen molar-refractivity contribution in [2.24, 2.45) is 0 Å². The quantitative estimate of drug-likeness (QED) is 0.713. The van der Waals surface area contributed by atoms with Crippen molar-refractivity contribution in [1.82, 2.24) is 25.1 Å². The van der Waals surface area contributed by atoms with Crippen molar-refractivity contribution < 1.29 is 0 Å². The standard InChI is InChI=1S/C21H25N7/c1-27-9-10-28(18(13-27)16-5-3-2-4-6-16)21-12-19(22-14-23-21)24-20-11-17(25-26-20)15-7-8-15/h2-6,11-12,14-15,18H,7-10,13H2,1H3,(H2,22,23,24,25,26). The summed E-state index contributed by atoms with van der Waals surface area (Å²) in [5.74, 6) is 3.17. The normalized spacial score (nSPS) is 20.3. The van der Waals surface area contributed by atoms with Gasteiger partial charge >= 0.3 is 0 Å². The number of anilines is 3. The van der Waals surface area contributed by atoms with Crippen molar-refractivity contribution in [3.05, 3.63) is 60.0 Å². The van der Waals surface area contributed by atoms with Crippen LogP contribution in [0.2, 0.25) is 0 Å². The van der Waals surface area contributed by atoms with E-state index in [4.69, 9.17) is 0 Å². The van der Waals surface area contributed by atoms with E-state index in [0.29, 0.717) is 5.92 Å². The Bertz CT molecular complexity index is 935. The van der Waals surface area contributed by atoms with Crippen LogP contribution in [-0.4, -0.2) is 51.7 Å². The summed E-state index contributed by atoms with van der Waals surface area (Å²) >= 11 is 0. The smallest absolute Gasteiger partial charge is 0.153 e. The van der Waals surface area contributed by atoms with Crippen molar-refractivity contribution in [3.63, 3.8) is 0 Å². The molecule has 0 radical (unpaired) electrons. The number of hydrogen-bond donors (Lipinski definition) is 2. The molecule has 144 valence electrons. The van der Waals surface area contributed by atoms with Crippen molar-refractivity contribution in [2.75, 3.05) is 36.9 Å². The number of nitrogens with zero attached hydrogens (tertiary/aromatic N) is 5. The van der Waals surface area contributed by atoms with Gasteiger partial charge in [-0.1, -0.05) is 30.3 Å². The first-order chi connectivity index (χ1) is 13.8. The third-order valence-electron chi connectivity index (χ3n) is 5.59. The highest BCUT2D eigenvalue weighted by molar-refractivity contribution is 5.57. The van der Waals surface area contributed by atoms with Gasteiger partial charge in [-0.05, 0) is 25.5 Å². The lowest BCUT2D eigenvalue weighted by Crippen LogP contribution is -2.47. The fourth-order valence-corrected chi connectivity index (χ4v) is 3.86. The summed E-state index contributed by atoms with van der Waals surface area (Å²) in [4.78, 5) is 13.7. The number of hydrogen-bond acceptors (Lipinski definition) is 6. The SMILES string of the molecule is CN1CCN(c2cc(Nc3cc(C4CC4)[nH]n3)ncn2)C(c2ccccc2)C1. The zero-order valence-electron chi connectivity index (χ0n) is 16.0. The lowest BCUT2D eigenvalue weighted by Gasteiger charge is -2.41. The minimum Gasteiger partial charge on any atom is -0.347 e. The van der Waals surface area contributed by atoms with E-state index in [0.717, 1.165) is 37.1 Å². The molecule has 1 aliphatic carbocycles. The second kappa shape index (κ2) is 7.24. The monoisotopic (exact) mass is 375 g/mol. The molecule has 7 nitrogen and oxygen atoms in total. The van der Waals surface area contributed by atoms with Crippen LogP contribution in [0.3, 0.4) is 0 Å². The maximum Gasteiger partial charge on any atom is 0.153 e. The van der Waals surface area contributed by atoms with Gasteiger partial charge < -0.3 is 15.1 Å². The predicted molar refractivity (Wildman–Crippen MR) is 110 cm³/mol. The molecule has 2 aliphatic rings. The van der Waals surface area contributed by atoms with E-state index in [1.54, 1.807) is 6.33 Å². The summed E-state index contributed by atoms with van der Waals surface area (Å²) in [6, 6.07) is 15.0.